The van der Waals surface area contributed by atoms with Gasteiger partial charge in [-0.3, -0.25) is 0 Å². The first-order valence-electron chi connectivity index (χ1n) is 5.76. The molecule has 1 aromatic heterocycles. The number of hydrogen-bond acceptors (Lipinski definition) is 5. The van der Waals surface area contributed by atoms with Gasteiger partial charge in [-0.05, 0) is 25.0 Å². The van der Waals surface area contributed by atoms with Crippen LogP contribution in [0.4, 0.5) is 6.01 Å². The molecule has 1 fully saturated rings. The predicted molar refractivity (Wildman–Crippen MR) is 63.1 cm³/mol. The third kappa shape index (κ3) is 2.19. The zero-order valence-electron chi connectivity index (χ0n) is 9.35. The zero-order chi connectivity index (χ0) is 11.7. The highest BCUT2D eigenvalue weighted by molar-refractivity contribution is 5.75. The van der Waals surface area contributed by atoms with E-state index in [1.54, 1.807) is 18.2 Å². The predicted octanol–water partition coefficient (Wildman–Crippen LogP) is 2.12. The summed E-state index contributed by atoms with van der Waals surface area (Å²) in [6.07, 6.45) is 2.49. The number of hydrogen-bond donors (Lipinski definition) is 2. The molecule has 90 valence electrons. The van der Waals surface area contributed by atoms with Crippen LogP contribution < -0.4 is 5.32 Å². The van der Waals surface area contributed by atoms with Crippen LogP contribution in [0.15, 0.2) is 22.6 Å². The minimum absolute atomic E-state index is 0.183. The minimum atomic E-state index is 0.183. The first-order valence-corrected chi connectivity index (χ1v) is 5.76. The van der Waals surface area contributed by atoms with Gasteiger partial charge in [0.2, 0.25) is 0 Å². The van der Waals surface area contributed by atoms with Gasteiger partial charge < -0.3 is 19.6 Å². The molecule has 5 nitrogen and oxygen atoms in total. The van der Waals surface area contributed by atoms with Crippen LogP contribution in [0.2, 0.25) is 0 Å². The lowest BCUT2D eigenvalue weighted by Crippen LogP contribution is -2.28. The number of phenols is 1. The van der Waals surface area contributed by atoms with Crippen LogP contribution in [0.1, 0.15) is 12.8 Å². The van der Waals surface area contributed by atoms with Crippen LogP contribution in [0, 0.1) is 0 Å². The van der Waals surface area contributed by atoms with Crippen LogP contribution in [0.3, 0.4) is 0 Å². The number of fused-ring (bicyclic) bond motifs is 1. The number of nitrogens with zero attached hydrogens (tertiary/aromatic N) is 1. The Labute approximate surface area is 98.4 Å². The van der Waals surface area contributed by atoms with Crippen molar-refractivity contribution in [3.05, 3.63) is 18.2 Å². The van der Waals surface area contributed by atoms with Crippen molar-refractivity contribution in [2.75, 3.05) is 18.5 Å². The molecule has 1 aliphatic heterocycles. The topological polar surface area (TPSA) is 67.5 Å². The summed E-state index contributed by atoms with van der Waals surface area (Å²) in [6, 6.07) is 5.37. The Kier molecular flexibility index (Phi) is 2.60. The highest BCUT2D eigenvalue weighted by Gasteiger charge is 2.17. The quantitative estimate of drug-likeness (QED) is 0.848. The molecule has 5 heteroatoms. The van der Waals surface area contributed by atoms with E-state index in [1.165, 1.54) is 0 Å². The number of anilines is 1. The van der Waals surface area contributed by atoms with Crippen LogP contribution in [-0.2, 0) is 4.74 Å². The Hall–Kier alpha value is -1.75. The Morgan fingerprint density at radius 3 is 3.12 bits per heavy atom. The molecule has 0 bridgehead atoms. The third-order valence-electron chi connectivity index (χ3n) is 2.91. The molecule has 3 rings (SSSR count). The standard InChI is InChI=1S/C12H14N2O3/c15-8-1-2-10-11(7-8)17-12(14-10)13-5-3-9-4-6-16-9/h1-2,7,9,15H,3-6H2,(H,13,14). The minimum Gasteiger partial charge on any atom is -0.508 e. The van der Waals surface area contributed by atoms with E-state index in [-0.39, 0.29) is 5.75 Å². The Balaban J connectivity index is 1.64. The normalized spacial score (nSPS) is 19.2. The fourth-order valence-electron chi connectivity index (χ4n) is 1.84. The number of ether oxygens (including phenoxy) is 1. The van der Waals surface area contributed by atoms with E-state index >= 15 is 0 Å². The maximum absolute atomic E-state index is 9.30. The SMILES string of the molecule is Oc1ccc2nc(NCCC3CCO3)oc2c1. The molecular weight excluding hydrogens is 220 g/mol. The lowest BCUT2D eigenvalue weighted by Gasteiger charge is -2.26. The lowest BCUT2D eigenvalue weighted by atomic mass is 10.1. The number of rotatable bonds is 4. The highest BCUT2D eigenvalue weighted by Crippen LogP contribution is 2.23. The molecule has 2 heterocycles. The Bertz CT molecular complexity index is 519. The van der Waals surface area contributed by atoms with E-state index in [1.807, 2.05) is 0 Å². The summed E-state index contributed by atoms with van der Waals surface area (Å²) in [5.41, 5.74) is 1.33. The van der Waals surface area contributed by atoms with Gasteiger partial charge in [0.1, 0.15) is 11.3 Å². The molecule has 2 aromatic rings. The molecular formula is C12H14N2O3. The number of phenolic OH excluding ortho intramolecular Hbond substituents is 1. The molecule has 1 saturated heterocycles. The molecule has 0 radical (unpaired) electrons. The van der Waals surface area contributed by atoms with Crippen molar-refractivity contribution >= 4 is 17.1 Å². The van der Waals surface area contributed by atoms with Crippen molar-refractivity contribution in [2.24, 2.45) is 0 Å². The van der Waals surface area contributed by atoms with Crippen LogP contribution >= 0.6 is 0 Å². The molecule has 0 aliphatic carbocycles. The summed E-state index contributed by atoms with van der Waals surface area (Å²) in [7, 11) is 0. The van der Waals surface area contributed by atoms with Crippen molar-refractivity contribution in [1.29, 1.82) is 0 Å². The Morgan fingerprint density at radius 1 is 1.47 bits per heavy atom. The average molecular weight is 234 g/mol. The van der Waals surface area contributed by atoms with E-state index in [0.29, 0.717) is 17.7 Å². The first kappa shape index (κ1) is 10.4. The number of nitrogens with one attached hydrogen (secondary N) is 1. The van der Waals surface area contributed by atoms with E-state index in [2.05, 4.69) is 10.3 Å². The molecule has 1 aromatic carbocycles. The van der Waals surface area contributed by atoms with E-state index in [0.717, 1.165) is 31.5 Å². The van der Waals surface area contributed by atoms with E-state index in [9.17, 15) is 5.11 Å². The molecule has 1 unspecified atom stereocenters. The molecule has 0 spiro atoms. The molecule has 1 aliphatic rings. The Morgan fingerprint density at radius 2 is 2.35 bits per heavy atom. The summed E-state index contributed by atoms with van der Waals surface area (Å²) in [5.74, 6) is 0.183. The van der Waals surface area contributed by atoms with Crippen LogP contribution in [-0.4, -0.2) is 29.3 Å². The monoisotopic (exact) mass is 234 g/mol. The number of aromatic nitrogens is 1. The average Bonchev–Trinajstić information content (AvgIpc) is 2.63. The summed E-state index contributed by atoms with van der Waals surface area (Å²) in [6.45, 7) is 1.66. The maximum atomic E-state index is 9.30. The van der Waals surface area contributed by atoms with E-state index < -0.39 is 0 Å². The first-order chi connectivity index (χ1) is 8.31. The van der Waals surface area contributed by atoms with E-state index in [4.69, 9.17) is 9.15 Å². The number of aromatic hydroxyl groups is 1. The van der Waals surface area contributed by atoms with Crippen molar-refractivity contribution in [3.63, 3.8) is 0 Å². The molecule has 2 N–H and O–H groups in total. The van der Waals surface area contributed by atoms with Gasteiger partial charge in [-0.15, -0.1) is 0 Å². The summed E-state index contributed by atoms with van der Waals surface area (Å²) in [4.78, 5) is 4.26. The fraction of sp³-hybridized carbons (Fsp3) is 0.417. The van der Waals surface area contributed by atoms with Gasteiger partial charge in [0.05, 0.1) is 6.10 Å². The second-order valence-electron chi connectivity index (χ2n) is 4.17. The summed E-state index contributed by atoms with van der Waals surface area (Å²) >= 11 is 0. The van der Waals surface area contributed by atoms with Gasteiger partial charge in [0.25, 0.3) is 6.01 Å². The van der Waals surface area contributed by atoms with Gasteiger partial charge in [-0.2, -0.15) is 4.98 Å². The summed E-state index contributed by atoms with van der Waals surface area (Å²) < 4.78 is 10.8. The number of benzene rings is 1. The second-order valence-corrected chi connectivity index (χ2v) is 4.17. The van der Waals surface area contributed by atoms with Crippen molar-refractivity contribution < 1.29 is 14.3 Å². The van der Waals surface area contributed by atoms with Gasteiger partial charge >= 0.3 is 0 Å². The van der Waals surface area contributed by atoms with Gasteiger partial charge in [0, 0.05) is 19.2 Å². The number of oxazole rings is 1. The second kappa shape index (κ2) is 4.25. The van der Waals surface area contributed by atoms with Crippen LogP contribution in [0.5, 0.6) is 5.75 Å². The van der Waals surface area contributed by atoms with Gasteiger partial charge in [0.15, 0.2) is 5.58 Å². The van der Waals surface area contributed by atoms with Gasteiger partial charge in [-0.1, -0.05) is 0 Å². The fourth-order valence-corrected chi connectivity index (χ4v) is 1.84. The van der Waals surface area contributed by atoms with Crippen LogP contribution in [0.25, 0.3) is 11.1 Å². The van der Waals surface area contributed by atoms with Crippen molar-refractivity contribution in [1.82, 2.24) is 4.98 Å². The maximum Gasteiger partial charge on any atom is 0.295 e. The van der Waals surface area contributed by atoms with Gasteiger partial charge in [-0.25, -0.2) is 0 Å². The third-order valence-corrected chi connectivity index (χ3v) is 2.91. The largest absolute Gasteiger partial charge is 0.508 e. The summed E-state index contributed by atoms with van der Waals surface area (Å²) in [5, 5.41) is 12.4. The molecule has 17 heavy (non-hydrogen) atoms. The smallest absolute Gasteiger partial charge is 0.295 e. The lowest BCUT2D eigenvalue weighted by molar-refractivity contribution is -0.0523. The van der Waals surface area contributed by atoms with Crippen molar-refractivity contribution in [2.45, 2.75) is 18.9 Å². The molecule has 1 atom stereocenters. The highest BCUT2D eigenvalue weighted by atomic mass is 16.5. The molecule has 0 amide bonds. The van der Waals surface area contributed by atoms with Crippen molar-refractivity contribution in [3.8, 4) is 5.75 Å². The molecule has 0 saturated carbocycles. The zero-order valence-corrected chi connectivity index (χ0v) is 9.35.